The normalized spacial score (nSPS) is 15.0. The summed E-state index contributed by atoms with van der Waals surface area (Å²) in [6.45, 7) is 2.70. The second kappa shape index (κ2) is 5.63. The van der Waals surface area contributed by atoms with E-state index in [2.05, 4.69) is 15.2 Å². The Labute approximate surface area is 101 Å². The molecule has 2 rings (SSSR count). The highest BCUT2D eigenvalue weighted by molar-refractivity contribution is 5.77. The molecule has 0 radical (unpaired) electrons. The maximum atomic E-state index is 11.0. The van der Waals surface area contributed by atoms with Crippen LogP contribution in [0.2, 0.25) is 0 Å². The fraction of sp³-hybridized carbons (Fsp3) is 0.500. The minimum absolute atomic E-state index is 0.0271. The summed E-state index contributed by atoms with van der Waals surface area (Å²) in [5.41, 5.74) is 6.20. The van der Waals surface area contributed by atoms with E-state index in [1.165, 1.54) is 12.8 Å². The van der Waals surface area contributed by atoms with E-state index in [4.69, 9.17) is 5.73 Å². The smallest absolute Gasteiger partial charge is 0.234 e. The summed E-state index contributed by atoms with van der Waals surface area (Å²) >= 11 is 0. The zero-order valence-corrected chi connectivity index (χ0v) is 9.85. The lowest BCUT2D eigenvalue weighted by atomic mass is 10.2. The van der Waals surface area contributed by atoms with Crippen molar-refractivity contribution in [2.45, 2.75) is 19.4 Å². The van der Waals surface area contributed by atoms with Crippen LogP contribution in [-0.2, 0) is 11.3 Å². The van der Waals surface area contributed by atoms with Crippen LogP contribution in [0.3, 0.4) is 0 Å². The first-order valence-electron chi connectivity index (χ1n) is 5.96. The molecule has 0 bridgehead atoms. The monoisotopic (exact) mass is 234 g/mol. The van der Waals surface area contributed by atoms with Crippen molar-refractivity contribution in [3.8, 4) is 0 Å². The van der Waals surface area contributed by atoms with Gasteiger partial charge >= 0.3 is 0 Å². The first-order chi connectivity index (χ1) is 8.29. The van der Waals surface area contributed by atoms with Crippen LogP contribution in [0.25, 0.3) is 0 Å². The average Bonchev–Trinajstić information content (AvgIpc) is 2.90. The molecule has 5 nitrogen and oxygen atoms in total. The van der Waals surface area contributed by atoms with Gasteiger partial charge in [0, 0.05) is 25.8 Å². The number of carbonyl (C=O) groups is 1. The number of anilines is 1. The van der Waals surface area contributed by atoms with Crippen LogP contribution < -0.4 is 16.0 Å². The summed E-state index contributed by atoms with van der Waals surface area (Å²) in [5.74, 6) is 0.880. The number of amides is 1. The largest absolute Gasteiger partial charge is 0.357 e. The first kappa shape index (κ1) is 11.9. The average molecular weight is 234 g/mol. The van der Waals surface area contributed by atoms with E-state index in [9.17, 15) is 4.79 Å². The minimum atomic E-state index is -0.145. The highest BCUT2D eigenvalue weighted by Gasteiger charge is 2.12. The Hall–Kier alpha value is -1.62. The molecule has 1 saturated heterocycles. The van der Waals surface area contributed by atoms with E-state index in [0.717, 1.165) is 24.5 Å². The zero-order chi connectivity index (χ0) is 12.1. The highest BCUT2D eigenvalue weighted by Crippen LogP contribution is 2.17. The maximum absolute atomic E-state index is 11.0. The molecular formula is C12H18N4O. The van der Waals surface area contributed by atoms with Crippen molar-refractivity contribution < 1.29 is 4.79 Å². The molecule has 0 aromatic carbocycles. The molecule has 1 amide bonds. The molecule has 0 aliphatic carbocycles. The first-order valence-corrected chi connectivity index (χ1v) is 5.96. The Bertz CT molecular complexity index is 371. The standard InChI is InChI=1S/C12H18N4O/c13-7-12(17)15-9-10-3-4-11(14-8-10)16-5-1-2-6-16/h3-4,8H,1-2,5-7,9,13H2,(H,15,17). The van der Waals surface area contributed by atoms with Crippen molar-refractivity contribution in [2.24, 2.45) is 5.73 Å². The van der Waals surface area contributed by atoms with E-state index >= 15 is 0 Å². The number of nitrogens with one attached hydrogen (secondary N) is 1. The number of hydrogen-bond acceptors (Lipinski definition) is 4. The van der Waals surface area contributed by atoms with E-state index in [1.807, 2.05) is 18.3 Å². The van der Waals surface area contributed by atoms with Crippen molar-refractivity contribution in [1.82, 2.24) is 10.3 Å². The molecule has 0 spiro atoms. The predicted octanol–water partition coefficient (Wildman–Crippen LogP) is 0.257. The Kier molecular flexibility index (Phi) is 3.93. The van der Waals surface area contributed by atoms with Crippen molar-refractivity contribution in [3.63, 3.8) is 0 Å². The summed E-state index contributed by atoms with van der Waals surface area (Å²) in [4.78, 5) is 17.7. The number of aromatic nitrogens is 1. The van der Waals surface area contributed by atoms with E-state index in [1.54, 1.807) is 0 Å². The van der Waals surface area contributed by atoms with Crippen molar-refractivity contribution >= 4 is 11.7 Å². The number of carbonyl (C=O) groups excluding carboxylic acids is 1. The molecule has 1 aromatic rings. The van der Waals surface area contributed by atoms with Gasteiger partial charge in [0.15, 0.2) is 0 Å². The summed E-state index contributed by atoms with van der Waals surface area (Å²) in [6, 6.07) is 4.01. The third-order valence-corrected chi connectivity index (χ3v) is 2.91. The van der Waals surface area contributed by atoms with E-state index in [-0.39, 0.29) is 12.5 Å². The van der Waals surface area contributed by atoms with Crippen LogP contribution >= 0.6 is 0 Å². The lowest BCUT2D eigenvalue weighted by Crippen LogP contribution is -2.29. The topological polar surface area (TPSA) is 71.2 Å². The molecule has 0 saturated carbocycles. The Morgan fingerprint density at radius 3 is 2.76 bits per heavy atom. The molecule has 17 heavy (non-hydrogen) atoms. The summed E-state index contributed by atoms with van der Waals surface area (Å²) in [5, 5.41) is 2.72. The van der Waals surface area contributed by atoms with Crippen LogP contribution in [0, 0.1) is 0 Å². The van der Waals surface area contributed by atoms with Crippen LogP contribution in [0.4, 0.5) is 5.82 Å². The van der Waals surface area contributed by atoms with Gasteiger partial charge in [-0.2, -0.15) is 0 Å². The molecule has 0 unspecified atom stereocenters. The second-order valence-electron chi connectivity index (χ2n) is 4.20. The highest BCUT2D eigenvalue weighted by atomic mass is 16.1. The Balaban J connectivity index is 1.90. The van der Waals surface area contributed by atoms with Gasteiger partial charge in [-0.15, -0.1) is 0 Å². The van der Waals surface area contributed by atoms with Gasteiger partial charge in [0.25, 0.3) is 0 Å². The summed E-state index contributed by atoms with van der Waals surface area (Å²) in [7, 11) is 0. The van der Waals surface area contributed by atoms with E-state index < -0.39 is 0 Å². The lowest BCUT2D eigenvalue weighted by molar-refractivity contribution is -0.119. The third kappa shape index (κ3) is 3.17. The molecule has 92 valence electrons. The van der Waals surface area contributed by atoms with Gasteiger partial charge < -0.3 is 16.0 Å². The zero-order valence-electron chi connectivity index (χ0n) is 9.85. The maximum Gasteiger partial charge on any atom is 0.234 e. The van der Waals surface area contributed by atoms with Crippen molar-refractivity contribution in [1.29, 1.82) is 0 Å². The molecule has 1 fully saturated rings. The Morgan fingerprint density at radius 1 is 1.41 bits per heavy atom. The number of hydrogen-bond donors (Lipinski definition) is 2. The molecule has 5 heteroatoms. The quantitative estimate of drug-likeness (QED) is 0.783. The number of rotatable bonds is 4. The molecule has 1 aliphatic rings. The molecule has 0 atom stereocenters. The van der Waals surface area contributed by atoms with Gasteiger partial charge in [0.05, 0.1) is 6.54 Å². The van der Waals surface area contributed by atoms with E-state index in [0.29, 0.717) is 6.54 Å². The minimum Gasteiger partial charge on any atom is -0.357 e. The van der Waals surface area contributed by atoms with Crippen LogP contribution in [0.15, 0.2) is 18.3 Å². The van der Waals surface area contributed by atoms with Gasteiger partial charge in [-0.1, -0.05) is 6.07 Å². The van der Waals surface area contributed by atoms with Gasteiger partial charge in [-0.25, -0.2) is 4.98 Å². The predicted molar refractivity (Wildman–Crippen MR) is 66.6 cm³/mol. The summed E-state index contributed by atoms with van der Waals surface area (Å²) in [6.07, 6.45) is 4.30. The number of pyridine rings is 1. The molecule has 1 aliphatic heterocycles. The van der Waals surface area contributed by atoms with Gasteiger partial charge in [-0.3, -0.25) is 4.79 Å². The van der Waals surface area contributed by atoms with Crippen LogP contribution in [0.5, 0.6) is 0 Å². The van der Waals surface area contributed by atoms with Crippen molar-refractivity contribution in [2.75, 3.05) is 24.5 Å². The fourth-order valence-corrected chi connectivity index (χ4v) is 1.93. The molecule has 1 aromatic heterocycles. The lowest BCUT2D eigenvalue weighted by Gasteiger charge is -2.16. The fourth-order valence-electron chi connectivity index (χ4n) is 1.93. The number of nitrogens with two attached hydrogens (primary N) is 1. The van der Waals surface area contributed by atoms with Crippen LogP contribution in [-0.4, -0.2) is 30.5 Å². The van der Waals surface area contributed by atoms with Gasteiger partial charge in [0.2, 0.25) is 5.91 Å². The van der Waals surface area contributed by atoms with Gasteiger partial charge in [0.1, 0.15) is 5.82 Å². The molecule has 3 N–H and O–H groups in total. The third-order valence-electron chi connectivity index (χ3n) is 2.91. The molecule has 2 heterocycles. The number of nitrogens with zero attached hydrogens (tertiary/aromatic N) is 2. The summed E-state index contributed by atoms with van der Waals surface area (Å²) < 4.78 is 0. The van der Waals surface area contributed by atoms with Crippen molar-refractivity contribution in [3.05, 3.63) is 23.9 Å². The Morgan fingerprint density at radius 2 is 2.18 bits per heavy atom. The second-order valence-corrected chi connectivity index (χ2v) is 4.20. The van der Waals surface area contributed by atoms with Gasteiger partial charge in [-0.05, 0) is 24.5 Å². The SMILES string of the molecule is NCC(=O)NCc1ccc(N2CCCC2)nc1. The molecular weight excluding hydrogens is 216 g/mol. The van der Waals surface area contributed by atoms with Crippen LogP contribution in [0.1, 0.15) is 18.4 Å².